The van der Waals surface area contributed by atoms with Gasteiger partial charge in [-0.25, -0.2) is 0 Å². The maximum Gasteiger partial charge on any atom is 0.149 e. The highest BCUT2D eigenvalue weighted by atomic mass is 32.1. The number of nitrogens with one attached hydrogen (secondary N) is 1. The molecule has 2 heterocycles. The Morgan fingerprint density at radius 2 is 2.15 bits per heavy atom. The second kappa shape index (κ2) is 8.04. The minimum atomic E-state index is 0.753. The second-order valence-electron chi connectivity index (χ2n) is 4.54. The third-order valence-corrected chi connectivity index (χ3v) is 3.88. The van der Waals surface area contributed by atoms with E-state index in [1.165, 1.54) is 0 Å². The van der Waals surface area contributed by atoms with E-state index in [0.717, 1.165) is 53.8 Å². The predicted octanol–water partition coefficient (Wildman–Crippen LogP) is 2.08. The van der Waals surface area contributed by atoms with E-state index in [1.54, 1.807) is 18.4 Å². The van der Waals surface area contributed by atoms with Crippen LogP contribution in [0.5, 0.6) is 0 Å². The minimum absolute atomic E-state index is 0.753. The van der Waals surface area contributed by atoms with Crippen molar-refractivity contribution in [2.24, 2.45) is 0 Å². The molecule has 0 aliphatic heterocycles. The monoisotopic (exact) mass is 292 g/mol. The van der Waals surface area contributed by atoms with Crippen LogP contribution in [0, 0.1) is 6.92 Å². The number of pyridine rings is 1. The molecule has 0 saturated heterocycles. The lowest BCUT2D eigenvalue weighted by molar-refractivity contribution is 0.199. The number of hydrogen-bond acceptors (Lipinski definition) is 6. The Kier molecular flexibility index (Phi) is 6.04. The molecule has 1 N–H and O–H groups in total. The molecule has 108 valence electrons. The topological polar surface area (TPSA) is 59.9 Å². The van der Waals surface area contributed by atoms with E-state index >= 15 is 0 Å². The van der Waals surface area contributed by atoms with Crippen LogP contribution in [-0.2, 0) is 11.2 Å². The lowest BCUT2D eigenvalue weighted by Crippen LogP contribution is -2.20. The molecule has 0 radical (unpaired) electrons. The zero-order chi connectivity index (χ0) is 14.2. The number of aromatic nitrogens is 3. The number of ether oxygens (including phenoxy) is 1. The van der Waals surface area contributed by atoms with Crippen LogP contribution >= 0.6 is 11.3 Å². The zero-order valence-corrected chi connectivity index (χ0v) is 12.7. The Bertz CT molecular complexity index is 512. The van der Waals surface area contributed by atoms with Crippen molar-refractivity contribution < 1.29 is 4.74 Å². The van der Waals surface area contributed by atoms with Gasteiger partial charge in [0.1, 0.15) is 10.0 Å². The lowest BCUT2D eigenvalue weighted by atomic mass is 10.3. The molecule has 5 nitrogen and oxygen atoms in total. The van der Waals surface area contributed by atoms with E-state index in [9.17, 15) is 0 Å². The van der Waals surface area contributed by atoms with Gasteiger partial charge in [0.05, 0.1) is 6.61 Å². The quantitative estimate of drug-likeness (QED) is 0.755. The first kappa shape index (κ1) is 15.0. The summed E-state index contributed by atoms with van der Waals surface area (Å²) in [5, 5.41) is 13.8. The molecule has 2 aromatic rings. The van der Waals surface area contributed by atoms with E-state index in [4.69, 9.17) is 4.74 Å². The van der Waals surface area contributed by atoms with Crippen LogP contribution in [0.15, 0.2) is 18.3 Å². The summed E-state index contributed by atoms with van der Waals surface area (Å²) in [7, 11) is 1.71. The summed E-state index contributed by atoms with van der Waals surface area (Å²) in [5.41, 5.74) is 2.05. The maximum absolute atomic E-state index is 4.98. The van der Waals surface area contributed by atoms with Crippen molar-refractivity contribution in [2.75, 3.05) is 26.8 Å². The number of rotatable bonds is 8. The minimum Gasteiger partial charge on any atom is -0.383 e. The summed E-state index contributed by atoms with van der Waals surface area (Å²) in [4.78, 5) is 4.29. The number of methoxy groups -OCH3 is 1. The molecule has 0 spiro atoms. The molecular weight excluding hydrogens is 272 g/mol. The van der Waals surface area contributed by atoms with Gasteiger partial charge in [0.15, 0.2) is 0 Å². The van der Waals surface area contributed by atoms with Gasteiger partial charge in [-0.1, -0.05) is 11.3 Å². The third-order valence-electron chi connectivity index (χ3n) is 2.85. The van der Waals surface area contributed by atoms with Crippen molar-refractivity contribution in [3.63, 3.8) is 0 Å². The fourth-order valence-corrected chi connectivity index (χ4v) is 2.60. The van der Waals surface area contributed by atoms with Crippen LogP contribution in [0.25, 0.3) is 10.6 Å². The van der Waals surface area contributed by atoms with Crippen LogP contribution in [0.2, 0.25) is 0 Å². The SMILES string of the molecule is COCCNCCCc1nnc(-c2ccc(C)nc2)s1. The molecule has 0 bridgehead atoms. The molecule has 2 aromatic heterocycles. The van der Waals surface area contributed by atoms with Gasteiger partial charge in [-0.05, 0) is 32.0 Å². The molecule has 0 aromatic carbocycles. The van der Waals surface area contributed by atoms with E-state index in [0.29, 0.717) is 0 Å². The van der Waals surface area contributed by atoms with Gasteiger partial charge in [0, 0.05) is 37.5 Å². The first-order valence-corrected chi connectivity index (χ1v) is 7.56. The van der Waals surface area contributed by atoms with E-state index in [-0.39, 0.29) is 0 Å². The Hall–Kier alpha value is -1.37. The van der Waals surface area contributed by atoms with Gasteiger partial charge in [-0.15, -0.1) is 10.2 Å². The summed E-state index contributed by atoms with van der Waals surface area (Å²) in [5.74, 6) is 0. The molecular formula is C14H20N4OS. The van der Waals surface area contributed by atoms with Crippen molar-refractivity contribution in [2.45, 2.75) is 19.8 Å². The molecule has 0 saturated carbocycles. The molecule has 6 heteroatoms. The van der Waals surface area contributed by atoms with Gasteiger partial charge >= 0.3 is 0 Å². The molecule has 0 atom stereocenters. The van der Waals surface area contributed by atoms with Gasteiger partial charge in [0.2, 0.25) is 0 Å². The van der Waals surface area contributed by atoms with Crippen molar-refractivity contribution >= 4 is 11.3 Å². The molecule has 0 aliphatic rings. The summed E-state index contributed by atoms with van der Waals surface area (Å²) in [6.07, 6.45) is 3.87. The highest BCUT2D eigenvalue weighted by Crippen LogP contribution is 2.23. The zero-order valence-electron chi connectivity index (χ0n) is 11.9. The fraction of sp³-hybridized carbons (Fsp3) is 0.500. The highest BCUT2D eigenvalue weighted by molar-refractivity contribution is 7.14. The molecule has 0 fully saturated rings. The summed E-state index contributed by atoms with van der Waals surface area (Å²) in [6.45, 7) is 4.60. The number of hydrogen-bond donors (Lipinski definition) is 1. The second-order valence-corrected chi connectivity index (χ2v) is 5.60. The van der Waals surface area contributed by atoms with Crippen molar-refractivity contribution in [3.05, 3.63) is 29.0 Å². The average molecular weight is 292 g/mol. The first-order valence-electron chi connectivity index (χ1n) is 6.74. The Morgan fingerprint density at radius 1 is 1.25 bits per heavy atom. The van der Waals surface area contributed by atoms with Gasteiger partial charge < -0.3 is 10.1 Å². The highest BCUT2D eigenvalue weighted by Gasteiger charge is 2.06. The van der Waals surface area contributed by atoms with Crippen LogP contribution in [0.3, 0.4) is 0 Å². The van der Waals surface area contributed by atoms with Crippen molar-refractivity contribution in [1.29, 1.82) is 0 Å². The molecule has 2 rings (SSSR count). The van der Waals surface area contributed by atoms with Gasteiger partial charge in [-0.3, -0.25) is 4.98 Å². The van der Waals surface area contributed by atoms with Crippen LogP contribution in [0.1, 0.15) is 17.1 Å². The molecule has 0 aliphatic carbocycles. The number of aryl methyl sites for hydroxylation is 2. The summed E-state index contributed by atoms with van der Waals surface area (Å²) >= 11 is 1.65. The van der Waals surface area contributed by atoms with E-state index < -0.39 is 0 Å². The summed E-state index contributed by atoms with van der Waals surface area (Å²) < 4.78 is 4.98. The van der Waals surface area contributed by atoms with E-state index in [2.05, 4.69) is 20.5 Å². The largest absolute Gasteiger partial charge is 0.383 e. The van der Waals surface area contributed by atoms with Gasteiger partial charge in [-0.2, -0.15) is 0 Å². The molecule has 0 amide bonds. The van der Waals surface area contributed by atoms with E-state index in [1.807, 2.05) is 25.3 Å². The number of nitrogens with zero attached hydrogens (tertiary/aromatic N) is 3. The normalized spacial score (nSPS) is 10.9. The smallest absolute Gasteiger partial charge is 0.149 e. The average Bonchev–Trinajstić information content (AvgIpc) is 2.92. The first-order chi connectivity index (χ1) is 9.79. The Balaban J connectivity index is 1.79. The summed E-state index contributed by atoms with van der Waals surface area (Å²) in [6, 6.07) is 4.04. The van der Waals surface area contributed by atoms with Crippen molar-refractivity contribution in [3.8, 4) is 10.6 Å². The lowest BCUT2D eigenvalue weighted by Gasteiger charge is -2.01. The Morgan fingerprint density at radius 3 is 2.90 bits per heavy atom. The fourth-order valence-electron chi connectivity index (χ4n) is 1.73. The standard InChI is InChI=1S/C14H20N4OS/c1-11-5-6-12(10-16-11)14-18-17-13(20-14)4-3-7-15-8-9-19-2/h5-6,10,15H,3-4,7-9H2,1-2H3. The third kappa shape index (κ3) is 4.63. The van der Waals surface area contributed by atoms with Crippen LogP contribution in [0.4, 0.5) is 0 Å². The Labute approximate surface area is 123 Å². The maximum atomic E-state index is 4.98. The van der Waals surface area contributed by atoms with Crippen LogP contribution in [-0.4, -0.2) is 42.0 Å². The van der Waals surface area contributed by atoms with Crippen molar-refractivity contribution in [1.82, 2.24) is 20.5 Å². The molecule has 20 heavy (non-hydrogen) atoms. The van der Waals surface area contributed by atoms with Gasteiger partial charge in [0.25, 0.3) is 0 Å². The molecule has 0 unspecified atom stereocenters. The van der Waals surface area contributed by atoms with Crippen LogP contribution < -0.4 is 5.32 Å². The predicted molar refractivity (Wildman–Crippen MR) is 80.9 cm³/mol.